The molecule has 0 aliphatic carbocycles. The molecule has 0 bridgehead atoms. The highest BCUT2D eigenvalue weighted by molar-refractivity contribution is 5.94. The first kappa shape index (κ1) is 19.0. The number of amides is 2. The smallest absolute Gasteiger partial charge is 0.246 e. The predicted octanol–water partition coefficient (Wildman–Crippen LogP) is 3.44. The summed E-state index contributed by atoms with van der Waals surface area (Å²) in [5, 5.41) is 2.91. The molecule has 0 aromatic heterocycles. The van der Waals surface area contributed by atoms with Gasteiger partial charge < -0.3 is 19.7 Å². The molecule has 2 aromatic rings. The molecule has 0 saturated carbocycles. The maximum atomic E-state index is 12.9. The number of halogens is 1. The summed E-state index contributed by atoms with van der Waals surface area (Å²) in [7, 11) is 0. The van der Waals surface area contributed by atoms with E-state index in [-0.39, 0.29) is 30.3 Å². The summed E-state index contributed by atoms with van der Waals surface area (Å²) in [6.07, 6.45) is 4.36. The number of anilines is 1. The summed E-state index contributed by atoms with van der Waals surface area (Å²) in [5.74, 6) is 0.668. The molecule has 7 heteroatoms. The minimum absolute atomic E-state index is 0.0576. The van der Waals surface area contributed by atoms with Gasteiger partial charge in [0.2, 0.25) is 18.6 Å². The van der Waals surface area contributed by atoms with Crippen molar-refractivity contribution in [2.24, 2.45) is 5.92 Å². The van der Waals surface area contributed by atoms with Gasteiger partial charge in [0.05, 0.1) is 0 Å². The highest BCUT2D eigenvalue weighted by atomic mass is 19.1. The molecular formula is C22H21FN2O4. The molecule has 2 heterocycles. The molecular weight excluding hydrogens is 375 g/mol. The van der Waals surface area contributed by atoms with Gasteiger partial charge in [0.1, 0.15) is 5.82 Å². The fraction of sp³-hybridized carbons (Fsp3) is 0.273. The van der Waals surface area contributed by atoms with Crippen molar-refractivity contribution in [3.05, 3.63) is 59.9 Å². The largest absolute Gasteiger partial charge is 0.454 e. The third kappa shape index (κ3) is 4.56. The minimum Gasteiger partial charge on any atom is -0.454 e. The lowest BCUT2D eigenvalue weighted by molar-refractivity contribution is -0.130. The van der Waals surface area contributed by atoms with E-state index in [2.05, 4.69) is 5.32 Å². The van der Waals surface area contributed by atoms with Gasteiger partial charge in [-0.3, -0.25) is 9.59 Å². The number of fused-ring (bicyclic) bond motifs is 1. The second kappa shape index (κ2) is 8.34. The van der Waals surface area contributed by atoms with Gasteiger partial charge in [0, 0.05) is 36.8 Å². The van der Waals surface area contributed by atoms with Crippen molar-refractivity contribution in [3.63, 3.8) is 0 Å². The van der Waals surface area contributed by atoms with Gasteiger partial charge in [0.15, 0.2) is 11.5 Å². The van der Waals surface area contributed by atoms with Crippen LogP contribution in [0.3, 0.4) is 0 Å². The van der Waals surface area contributed by atoms with E-state index in [9.17, 15) is 14.0 Å². The molecule has 2 aromatic carbocycles. The van der Waals surface area contributed by atoms with Crippen LogP contribution in [0.1, 0.15) is 18.4 Å². The number of nitrogens with one attached hydrogen (secondary N) is 1. The first-order valence-corrected chi connectivity index (χ1v) is 9.51. The zero-order valence-corrected chi connectivity index (χ0v) is 15.8. The Kier molecular flexibility index (Phi) is 5.46. The van der Waals surface area contributed by atoms with Gasteiger partial charge in [-0.15, -0.1) is 0 Å². The molecule has 1 N–H and O–H groups in total. The monoisotopic (exact) mass is 396 g/mol. The van der Waals surface area contributed by atoms with E-state index in [1.54, 1.807) is 41.3 Å². The number of likely N-dealkylation sites (tertiary alicyclic amines) is 1. The number of carbonyl (C=O) groups excluding carboxylic acids is 2. The van der Waals surface area contributed by atoms with Crippen molar-refractivity contribution in [2.45, 2.75) is 12.8 Å². The number of hydrogen-bond acceptors (Lipinski definition) is 4. The molecule has 2 amide bonds. The zero-order chi connectivity index (χ0) is 20.2. The molecule has 6 nitrogen and oxygen atoms in total. The minimum atomic E-state index is -0.311. The maximum Gasteiger partial charge on any atom is 0.246 e. The van der Waals surface area contributed by atoms with Crippen LogP contribution in [0.15, 0.2) is 48.5 Å². The fourth-order valence-electron chi connectivity index (χ4n) is 3.43. The standard InChI is InChI=1S/C22H21FN2O4/c23-17-4-1-15(2-5-17)3-8-21(26)25-11-9-16(10-12-25)22(27)24-18-6-7-19-20(13-18)29-14-28-19/h1-8,13,16H,9-12,14H2,(H,24,27)/b8-3+. The van der Waals surface area contributed by atoms with Crippen LogP contribution < -0.4 is 14.8 Å². The van der Waals surface area contributed by atoms with Crippen LogP contribution in [0, 0.1) is 11.7 Å². The third-order valence-electron chi connectivity index (χ3n) is 5.11. The van der Waals surface area contributed by atoms with Gasteiger partial charge >= 0.3 is 0 Å². The molecule has 0 atom stereocenters. The first-order chi connectivity index (χ1) is 14.1. The maximum absolute atomic E-state index is 12.9. The van der Waals surface area contributed by atoms with Crippen molar-refractivity contribution >= 4 is 23.6 Å². The van der Waals surface area contributed by atoms with E-state index in [0.29, 0.717) is 43.1 Å². The van der Waals surface area contributed by atoms with E-state index in [0.717, 1.165) is 5.56 Å². The Morgan fingerprint density at radius 1 is 1.03 bits per heavy atom. The van der Waals surface area contributed by atoms with Crippen LogP contribution in [0.2, 0.25) is 0 Å². The third-order valence-corrected chi connectivity index (χ3v) is 5.11. The summed E-state index contributed by atoms with van der Waals surface area (Å²) in [6.45, 7) is 1.23. The summed E-state index contributed by atoms with van der Waals surface area (Å²) in [5.41, 5.74) is 1.43. The summed E-state index contributed by atoms with van der Waals surface area (Å²) < 4.78 is 23.5. The second-order valence-corrected chi connectivity index (χ2v) is 7.04. The van der Waals surface area contributed by atoms with Crippen LogP contribution >= 0.6 is 0 Å². The molecule has 1 saturated heterocycles. The van der Waals surface area contributed by atoms with Crippen molar-refractivity contribution < 1.29 is 23.5 Å². The highest BCUT2D eigenvalue weighted by Gasteiger charge is 2.27. The Balaban J connectivity index is 1.27. The quantitative estimate of drug-likeness (QED) is 0.804. The number of piperidine rings is 1. The first-order valence-electron chi connectivity index (χ1n) is 9.51. The topological polar surface area (TPSA) is 67.9 Å². The molecule has 0 unspecified atom stereocenters. The summed E-state index contributed by atoms with van der Waals surface area (Å²) in [6, 6.07) is 11.2. The van der Waals surface area contributed by atoms with Gasteiger partial charge in [-0.2, -0.15) is 0 Å². The lowest BCUT2D eigenvalue weighted by Gasteiger charge is -2.30. The number of nitrogens with zero attached hydrogens (tertiary/aromatic N) is 1. The van der Waals surface area contributed by atoms with Gasteiger partial charge in [-0.1, -0.05) is 12.1 Å². The Bertz CT molecular complexity index is 934. The van der Waals surface area contributed by atoms with E-state index in [1.165, 1.54) is 18.2 Å². The van der Waals surface area contributed by atoms with Crippen LogP contribution in [0.25, 0.3) is 6.08 Å². The molecule has 29 heavy (non-hydrogen) atoms. The molecule has 4 rings (SSSR count). The highest BCUT2D eigenvalue weighted by Crippen LogP contribution is 2.34. The lowest BCUT2D eigenvalue weighted by atomic mass is 9.95. The van der Waals surface area contributed by atoms with E-state index in [1.807, 2.05) is 0 Å². The SMILES string of the molecule is O=C(Nc1ccc2c(c1)OCO2)C1CCN(C(=O)/C=C/c2ccc(F)cc2)CC1. The van der Waals surface area contributed by atoms with Crippen molar-refractivity contribution in [1.29, 1.82) is 0 Å². The summed E-state index contributed by atoms with van der Waals surface area (Å²) >= 11 is 0. The zero-order valence-electron chi connectivity index (χ0n) is 15.8. The van der Waals surface area contributed by atoms with Gasteiger partial charge in [-0.25, -0.2) is 4.39 Å². The van der Waals surface area contributed by atoms with E-state index >= 15 is 0 Å². The van der Waals surface area contributed by atoms with Crippen molar-refractivity contribution in [2.75, 3.05) is 25.2 Å². The normalized spacial score (nSPS) is 16.2. The van der Waals surface area contributed by atoms with Gasteiger partial charge in [0.25, 0.3) is 0 Å². The fourth-order valence-corrected chi connectivity index (χ4v) is 3.43. The number of hydrogen-bond donors (Lipinski definition) is 1. The molecule has 0 radical (unpaired) electrons. The molecule has 2 aliphatic heterocycles. The second-order valence-electron chi connectivity index (χ2n) is 7.04. The number of rotatable bonds is 4. The Morgan fingerprint density at radius 3 is 2.52 bits per heavy atom. The number of carbonyl (C=O) groups is 2. The lowest BCUT2D eigenvalue weighted by Crippen LogP contribution is -2.40. The number of ether oxygens (including phenoxy) is 2. The molecule has 0 spiro atoms. The van der Waals surface area contributed by atoms with Crippen molar-refractivity contribution in [3.8, 4) is 11.5 Å². The van der Waals surface area contributed by atoms with Crippen LogP contribution in [-0.4, -0.2) is 36.6 Å². The summed E-state index contributed by atoms with van der Waals surface area (Å²) in [4.78, 5) is 26.6. The average Bonchev–Trinajstić information content (AvgIpc) is 3.21. The molecule has 1 fully saturated rings. The predicted molar refractivity (Wildman–Crippen MR) is 106 cm³/mol. The van der Waals surface area contributed by atoms with E-state index < -0.39 is 0 Å². The Hall–Kier alpha value is -3.35. The molecule has 150 valence electrons. The molecule has 2 aliphatic rings. The Morgan fingerprint density at radius 2 is 1.76 bits per heavy atom. The number of benzene rings is 2. The van der Waals surface area contributed by atoms with Crippen LogP contribution in [0.4, 0.5) is 10.1 Å². The Labute approximate surface area is 167 Å². The van der Waals surface area contributed by atoms with Crippen molar-refractivity contribution in [1.82, 2.24) is 4.90 Å². The van der Waals surface area contributed by atoms with Crippen LogP contribution in [-0.2, 0) is 9.59 Å². The van der Waals surface area contributed by atoms with Gasteiger partial charge in [-0.05, 0) is 48.7 Å². The average molecular weight is 396 g/mol. The van der Waals surface area contributed by atoms with Crippen LogP contribution in [0.5, 0.6) is 11.5 Å². The van der Waals surface area contributed by atoms with E-state index in [4.69, 9.17) is 9.47 Å².